The van der Waals surface area contributed by atoms with E-state index in [0.717, 1.165) is 36.5 Å². The first-order valence-electron chi connectivity index (χ1n) is 11.7. The van der Waals surface area contributed by atoms with Crippen molar-refractivity contribution in [3.05, 3.63) is 53.9 Å². The maximum atomic E-state index is 12.2. The minimum atomic E-state index is -3.47. The zero-order valence-electron chi connectivity index (χ0n) is 19.4. The number of nitrogens with one attached hydrogen (secondary N) is 2. The molecule has 2 aliphatic rings. The van der Waals surface area contributed by atoms with Crippen LogP contribution in [0.5, 0.6) is 0 Å². The third-order valence-electron chi connectivity index (χ3n) is 6.54. The molecule has 10 heteroatoms. The number of piperidine rings is 1. The molecule has 3 aromatic rings. The van der Waals surface area contributed by atoms with Gasteiger partial charge in [0.25, 0.3) is 0 Å². The highest BCUT2D eigenvalue weighted by molar-refractivity contribution is 7.92. The number of benzene rings is 1. The molecule has 34 heavy (non-hydrogen) atoms. The Balaban J connectivity index is 1.46. The summed E-state index contributed by atoms with van der Waals surface area (Å²) in [7, 11) is -1.99. The van der Waals surface area contributed by atoms with E-state index in [9.17, 15) is 8.42 Å². The molecule has 0 bridgehead atoms. The SMILES string of the molecule is CN(c1cc(-c2nnc([C@@H]3NCCC[C@@H]3c3ccccc3)o2)cc(NCC2CC2)n1)S(C)(=O)=O. The fourth-order valence-electron chi connectivity index (χ4n) is 4.32. The maximum absolute atomic E-state index is 12.2. The van der Waals surface area contributed by atoms with E-state index in [1.165, 1.54) is 25.5 Å². The Hall–Kier alpha value is -2.98. The van der Waals surface area contributed by atoms with Crippen molar-refractivity contribution in [3.63, 3.8) is 0 Å². The van der Waals surface area contributed by atoms with E-state index in [1.54, 1.807) is 6.07 Å². The van der Waals surface area contributed by atoms with Crippen LogP contribution >= 0.6 is 0 Å². The van der Waals surface area contributed by atoms with Gasteiger partial charge in [0.2, 0.25) is 21.8 Å². The average molecular weight is 483 g/mol. The van der Waals surface area contributed by atoms with Crippen molar-refractivity contribution in [1.82, 2.24) is 20.5 Å². The number of aromatic nitrogens is 3. The number of nitrogens with zero attached hydrogens (tertiary/aromatic N) is 4. The van der Waals surface area contributed by atoms with Crippen LogP contribution in [0.3, 0.4) is 0 Å². The fraction of sp³-hybridized carbons (Fsp3) is 0.458. The van der Waals surface area contributed by atoms with Crippen molar-refractivity contribution >= 4 is 21.7 Å². The van der Waals surface area contributed by atoms with E-state index in [0.29, 0.717) is 34.9 Å². The molecule has 5 rings (SSSR count). The molecule has 1 saturated carbocycles. The predicted octanol–water partition coefficient (Wildman–Crippen LogP) is 3.56. The van der Waals surface area contributed by atoms with E-state index in [2.05, 4.69) is 37.9 Å². The monoisotopic (exact) mass is 482 g/mol. The molecule has 9 nitrogen and oxygen atoms in total. The van der Waals surface area contributed by atoms with Crippen LogP contribution < -0.4 is 14.9 Å². The van der Waals surface area contributed by atoms with E-state index in [-0.39, 0.29) is 12.0 Å². The van der Waals surface area contributed by atoms with Crippen LogP contribution in [0.2, 0.25) is 0 Å². The summed E-state index contributed by atoms with van der Waals surface area (Å²) >= 11 is 0. The molecule has 1 aromatic carbocycles. The summed E-state index contributed by atoms with van der Waals surface area (Å²) in [6, 6.07) is 13.8. The van der Waals surface area contributed by atoms with Crippen molar-refractivity contribution in [2.24, 2.45) is 5.92 Å². The molecular formula is C24H30N6O3S. The van der Waals surface area contributed by atoms with E-state index < -0.39 is 10.0 Å². The lowest BCUT2D eigenvalue weighted by Crippen LogP contribution is -2.33. The maximum Gasteiger partial charge on any atom is 0.248 e. The smallest absolute Gasteiger partial charge is 0.248 e. The zero-order valence-corrected chi connectivity index (χ0v) is 20.3. The van der Waals surface area contributed by atoms with Crippen LogP contribution in [-0.4, -0.2) is 50.0 Å². The minimum Gasteiger partial charge on any atom is -0.419 e. The molecule has 2 N–H and O–H groups in total. The Bertz CT molecular complexity index is 1240. The van der Waals surface area contributed by atoms with Crippen molar-refractivity contribution in [2.75, 3.05) is 36.0 Å². The second-order valence-electron chi connectivity index (χ2n) is 9.19. The van der Waals surface area contributed by atoms with Crippen LogP contribution in [0.15, 0.2) is 46.9 Å². The third kappa shape index (κ3) is 5.07. The van der Waals surface area contributed by atoms with Crippen LogP contribution in [0, 0.1) is 5.92 Å². The molecule has 1 aliphatic heterocycles. The Morgan fingerprint density at radius 2 is 1.94 bits per heavy atom. The van der Waals surface area contributed by atoms with Gasteiger partial charge in [0.05, 0.1) is 12.3 Å². The summed E-state index contributed by atoms with van der Waals surface area (Å²) in [5, 5.41) is 15.6. The first-order valence-corrected chi connectivity index (χ1v) is 13.6. The number of hydrogen-bond donors (Lipinski definition) is 2. The molecule has 1 aliphatic carbocycles. The molecule has 0 spiro atoms. The molecule has 1 saturated heterocycles. The van der Waals surface area contributed by atoms with Crippen molar-refractivity contribution in [2.45, 2.75) is 37.6 Å². The van der Waals surface area contributed by atoms with Gasteiger partial charge in [-0.1, -0.05) is 30.3 Å². The van der Waals surface area contributed by atoms with Gasteiger partial charge < -0.3 is 15.1 Å². The van der Waals surface area contributed by atoms with Crippen molar-refractivity contribution in [3.8, 4) is 11.5 Å². The number of anilines is 2. The highest BCUT2D eigenvalue weighted by atomic mass is 32.2. The molecule has 2 fully saturated rings. The summed E-state index contributed by atoms with van der Waals surface area (Å²) in [6.45, 7) is 1.69. The number of hydrogen-bond acceptors (Lipinski definition) is 8. The number of rotatable bonds is 8. The van der Waals surface area contributed by atoms with E-state index in [4.69, 9.17) is 4.42 Å². The van der Waals surface area contributed by atoms with Crippen LogP contribution in [0.4, 0.5) is 11.6 Å². The molecule has 2 atom stereocenters. The summed E-state index contributed by atoms with van der Waals surface area (Å²) < 4.78 is 31.6. The average Bonchev–Trinajstić information content (AvgIpc) is 3.55. The van der Waals surface area contributed by atoms with Gasteiger partial charge in [-0.2, -0.15) is 0 Å². The first-order chi connectivity index (χ1) is 16.4. The van der Waals surface area contributed by atoms with Gasteiger partial charge in [0, 0.05) is 25.1 Å². The summed E-state index contributed by atoms with van der Waals surface area (Å²) in [5.41, 5.74) is 1.87. The molecule has 3 heterocycles. The largest absolute Gasteiger partial charge is 0.419 e. The van der Waals surface area contributed by atoms with Gasteiger partial charge in [-0.05, 0) is 55.8 Å². The standard InChI is InChI=1S/C24H30N6O3S/c1-30(34(2,31)32)21-14-18(13-20(27-21)26-15-16-10-11-16)23-28-29-24(33-23)22-19(9-6-12-25-22)17-7-4-3-5-8-17/h3-5,7-8,13-14,16,19,22,25H,6,9-12,15H2,1-2H3,(H,26,27)/t19-,22-/m1/s1. The van der Waals surface area contributed by atoms with Gasteiger partial charge in [0.1, 0.15) is 11.6 Å². The second-order valence-corrected chi connectivity index (χ2v) is 11.2. The highest BCUT2D eigenvalue weighted by Gasteiger charge is 2.32. The van der Waals surface area contributed by atoms with Gasteiger partial charge in [-0.15, -0.1) is 10.2 Å². The van der Waals surface area contributed by atoms with E-state index in [1.807, 2.05) is 24.3 Å². The van der Waals surface area contributed by atoms with Crippen LogP contribution in [-0.2, 0) is 10.0 Å². The lowest BCUT2D eigenvalue weighted by Gasteiger charge is -2.30. The van der Waals surface area contributed by atoms with Crippen molar-refractivity contribution < 1.29 is 12.8 Å². The molecule has 2 aromatic heterocycles. The summed E-state index contributed by atoms with van der Waals surface area (Å²) in [6.07, 6.45) is 5.67. The van der Waals surface area contributed by atoms with Crippen LogP contribution in [0.25, 0.3) is 11.5 Å². The topological polar surface area (TPSA) is 113 Å². The molecule has 180 valence electrons. The Morgan fingerprint density at radius 3 is 2.68 bits per heavy atom. The Kier molecular flexibility index (Phi) is 6.26. The quantitative estimate of drug-likeness (QED) is 0.501. The molecular weight excluding hydrogens is 452 g/mol. The molecule has 0 unspecified atom stereocenters. The van der Waals surface area contributed by atoms with Gasteiger partial charge in [-0.3, -0.25) is 4.31 Å². The summed E-state index contributed by atoms with van der Waals surface area (Å²) in [5.74, 6) is 2.65. The molecule has 0 radical (unpaired) electrons. The lowest BCUT2D eigenvalue weighted by atomic mass is 9.85. The lowest BCUT2D eigenvalue weighted by molar-refractivity contribution is 0.303. The van der Waals surface area contributed by atoms with Crippen molar-refractivity contribution in [1.29, 1.82) is 0 Å². The number of pyridine rings is 1. The minimum absolute atomic E-state index is 0.0788. The zero-order chi connectivity index (χ0) is 23.7. The van der Waals surface area contributed by atoms with Gasteiger partial charge >= 0.3 is 0 Å². The number of sulfonamides is 1. The normalized spacial score (nSPS) is 20.8. The summed E-state index contributed by atoms with van der Waals surface area (Å²) in [4.78, 5) is 4.51. The van der Waals surface area contributed by atoms with Gasteiger partial charge in [0.15, 0.2) is 0 Å². The second kappa shape index (κ2) is 9.34. The Morgan fingerprint density at radius 1 is 1.15 bits per heavy atom. The predicted molar refractivity (Wildman–Crippen MR) is 131 cm³/mol. The fourth-order valence-corrected chi connectivity index (χ4v) is 4.75. The van der Waals surface area contributed by atoms with Crippen LogP contribution in [0.1, 0.15) is 49.1 Å². The molecule has 0 amide bonds. The first kappa shape index (κ1) is 22.8. The van der Waals surface area contributed by atoms with Gasteiger partial charge in [-0.25, -0.2) is 13.4 Å². The van der Waals surface area contributed by atoms with E-state index >= 15 is 0 Å². The Labute approximate surface area is 200 Å². The highest BCUT2D eigenvalue weighted by Crippen LogP contribution is 2.38. The third-order valence-corrected chi connectivity index (χ3v) is 7.72.